The van der Waals surface area contributed by atoms with Crippen molar-refractivity contribution in [3.05, 3.63) is 23.8 Å². The summed E-state index contributed by atoms with van der Waals surface area (Å²) >= 11 is 0. The summed E-state index contributed by atoms with van der Waals surface area (Å²) in [7, 11) is 3.34. The quantitative estimate of drug-likeness (QED) is 0.883. The van der Waals surface area contributed by atoms with Crippen LogP contribution in [-0.4, -0.2) is 43.9 Å². The van der Waals surface area contributed by atoms with Gasteiger partial charge in [-0.05, 0) is 37.9 Å². The van der Waals surface area contributed by atoms with E-state index in [9.17, 15) is 0 Å². The molecule has 0 amide bonds. The Morgan fingerprint density at radius 3 is 2.53 bits per heavy atom. The van der Waals surface area contributed by atoms with E-state index < -0.39 is 0 Å². The van der Waals surface area contributed by atoms with E-state index in [1.807, 2.05) is 12.1 Å². The van der Waals surface area contributed by atoms with Gasteiger partial charge in [-0.25, -0.2) is 0 Å². The summed E-state index contributed by atoms with van der Waals surface area (Å²) in [6.07, 6.45) is 2.14. The molecule has 2 rings (SSSR count). The molecule has 0 aliphatic carbocycles. The molecule has 1 saturated heterocycles. The van der Waals surface area contributed by atoms with Crippen LogP contribution in [0.2, 0.25) is 0 Å². The zero-order chi connectivity index (χ0) is 13.7. The van der Waals surface area contributed by atoms with Gasteiger partial charge >= 0.3 is 0 Å². The number of likely N-dealkylation sites (tertiary alicyclic amines) is 1. The predicted molar refractivity (Wildman–Crippen MR) is 74.6 cm³/mol. The molecule has 0 atom stereocenters. The summed E-state index contributed by atoms with van der Waals surface area (Å²) in [6.45, 7) is 3.26. The van der Waals surface area contributed by atoms with Gasteiger partial charge in [-0.15, -0.1) is 0 Å². The van der Waals surface area contributed by atoms with Crippen LogP contribution in [0.5, 0.6) is 11.5 Å². The van der Waals surface area contributed by atoms with Crippen molar-refractivity contribution in [1.82, 2.24) is 4.90 Å². The van der Waals surface area contributed by atoms with Crippen LogP contribution in [-0.2, 0) is 6.54 Å². The molecule has 0 aromatic heterocycles. The van der Waals surface area contributed by atoms with Gasteiger partial charge in [0.15, 0.2) is 11.5 Å². The first-order valence-electron chi connectivity index (χ1n) is 6.81. The van der Waals surface area contributed by atoms with Crippen LogP contribution in [0.1, 0.15) is 18.4 Å². The van der Waals surface area contributed by atoms with E-state index in [1.165, 1.54) is 0 Å². The van der Waals surface area contributed by atoms with Gasteiger partial charge in [0.25, 0.3) is 0 Å². The van der Waals surface area contributed by atoms with Crippen molar-refractivity contribution in [3.63, 3.8) is 0 Å². The third-order valence-corrected chi connectivity index (χ3v) is 3.84. The second-order valence-electron chi connectivity index (χ2n) is 5.05. The lowest BCUT2D eigenvalue weighted by Crippen LogP contribution is -2.34. The monoisotopic (exact) mass is 265 g/mol. The fraction of sp³-hybridized carbons (Fsp3) is 0.600. The first-order chi connectivity index (χ1) is 9.28. The Balaban J connectivity index is 2.03. The van der Waals surface area contributed by atoms with Crippen molar-refractivity contribution in [2.45, 2.75) is 19.4 Å². The van der Waals surface area contributed by atoms with Gasteiger partial charge in [0.1, 0.15) is 0 Å². The molecule has 1 aliphatic heterocycles. The summed E-state index contributed by atoms with van der Waals surface area (Å²) in [5.74, 6) is 2.09. The lowest BCUT2D eigenvalue weighted by Gasteiger charge is -2.31. The maximum Gasteiger partial charge on any atom is 0.165 e. The summed E-state index contributed by atoms with van der Waals surface area (Å²) in [6, 6.07) is 6.00. The lowest BCUT2D eigenvalue weighted by molar-refractivity contribution is 0.126. The predicted octanol–water partition coefficient (Wildman–Crippen LogP) is 1.91. The minimum Gasteiger partial charge on any atom is -0.493 e. The van der Waals surface area contributed by atoms with Crippen LogP contribution >= 0.6 is 0 Å². The molecule has 1 aromatic carbocycles. The summed E-state index contributed by atoms with van der Waals surface area (Å²) < 4.78 is 10.8. The van der Waals surface area contributed by atoms with Gasteiger partial charge < -0.3 is 14.6 Å². The fourth-order valence-corrected chi connectivity index (χ4v) is 2.65. The van der Waals surface area contributed by atoms with Crippen LogP contribution in [0.4, 0.5) is 0 Å². The van der Waals surface area contributed by atoms with E-state index >= 15 is 0 Å². The average Bonchev–Trinajstić information content (AvgIpc) is 2.47. The third kappa shape index (κ3) is 3.39. The van der Waals surface area contributed by atoms with Crippen molar-refractivity contribution < 1.29 is 14.6 Å². The van der Waals surface area contributed by atoms with Gasteiger partial charge in [0.05, 0.1) is 14.2 Å². The summed E-state index contributed by atoms with van der Waals surface area (Å²) in [5.41, 5.74) is 1.16. The van der Waals surface area contributed by atoms with E-state index in [0.29, 0.717) is 12.5 Å². The number of para-hydroxylation sites is 1. The van der Waals surface area contributed by atoms with Crippen LogP contribution in [0.15, 0.2) is 18.2 Å². The van der Waals surface area contributed by atoms with E-state index in [2.05, 4.69) is 11.0 Å². The van der Waals surface area contributed by atoms with E-state index in [4.69, 9.17) is 14.6 Å². The zero-order valence-corrected chi connectivity index (χ0v) is 11.8. The van der Waals surface area contributed by atoms with Crippen LogP contribution in [0.3, 0.4) is 0 Å². The number of methoxy groups -OCH3 is 2. The van der Waals surface area contributed by atoms with Crippen molar-refractivity contribution in [2.24, 2.45) is 5.92 Å². The molecule has 4 heteroatoms. The van der Waals surface area contributed by atoms with Gasteiger partial charge in [-0.1, -0.05) is 12.1 Å². The van der Waals surface area contributed by atoms with Crippen LogP contribution in [0, 0.1) is 5.92 Å². The molecule has 0 spiro atoms. The van der Waals surface area contributed by atoms with Gasteiger partial charge in [-0.3, -0.25) is 4.90 Å². The first kappa shape index (κ1) is 14.2. The maximum atomic E-state index is 9.16. The second-order valence-corrected chi connectivity index (χ2v) is 5.05. The molecule has 1 heterocycles. The fourth-order valence-electron chi connectivity index (χ4n) is 2.65. The minimum absolute atomic E-state index is 0.316. The first-order valence-corrected chi connectivity index (χ1v) is 6.81. The normalized spacial score (nSPS) is 17.4. The van der Waals surface area contributed by atoms with Crippen LogP contribution < -0.4 is 9.47 Å². The molecule has 1 aliphatic rings. The molecule has 1 aromatic rings. The van der Waals surface area contributed by atoms with Gasteiger partial charge in [-0.2, -0.15) is 0 Å². The topological polar surface area (TPSA) is 41.9 Å². The number of benzene rings is 1. The van der Waals surface area contributed by atoms with Gasteiger partial charge in [0.2, 0.25) is 0 Å². The number of rotatable bonds is 5. The number of aliphatic hydroxyl groups excluding tert-OH is 1. The maximum absolute atomic E-state index is 9.16. The molecule has 1 fully saturated rings. The van der Waals surface area contributed by atoms with Gasteiger partial charge in [0, 0.05) is 18.7 Å². The SMILES string of the molecule is COc1cccc(CN2CCC(CO)CC2)c1OC. The van der Waals surface area contributed by atoms with E-state index in [1.54, 1.807) is 14.2 Å². The standard InChI is InChI=1S/C15H23NO3/c1-18-14-5-3-4-13(15(14)19-2)10-16-8-6-12(11-17)7-9-16/h3-5,12,17H,6-11H2,1-2H3. The van der Waals surface area contributed by atoms with E-state index in [0.717, 1.165) is 49.5 Å². The Morgan fingerprint density at radius 2 is 1.95 bits per heavy atom. The molecular weight excluding hydrogens is 242 g/mol. The number of nitrogens with zero attached hydrogens (tertiary/aromatic N) is 1. The Labute approximate surface area is 114 Å². The van der Waals surface area contributed by atoms with Crippen molar-refractivity contribution >= 4 is 0 Å². The highest BCUT2D eigenvalue weighted by molar-refractivity contribution is 5.46. The highest BCUT2D eigenvalue weighted by Gasteiger charge is 2.20. The molecule has 0 radical (unpaired) electrons. The smallest absolute Gasteiger partial charge is 0.165 e. The number of aliphatic hydroxyl groups is 1. The van der Waals surface area contributed by atoms with Crippen molar-refractivity contribution in [3.8, 4) is 11.5 Å². The molecular formula is C15H23NO3. The lowest BCUT2D eigenvalue weighted by atomic mass is 9.97. The number of piperidine rings is 1. The molecule has 0 unspecified atom stereocenters. The highest BCUT2D eigenvalue weighted by Crippen LogP contribution is 2.32. The molecule has 0 saturated carbocycles. The molecule has 1 N–H and O–H groups in total. The Hall–Kier alpha value is -1.26. The Morgan fingerprint density at radius 1 is 1.21 bits per heavy atom. The average molecular weight is 265 g/mol. The number of hydrogen-bond acceptors (Lipinski definition) is 4. The van der Waals surface area contributed by atoms with Crippen molar-refractivity contribution in [1.29, 1.82) is 0 Å². The Kier molecular flexibility index (Phi) is 5.05. The Bertz CT molecular complexity index is 400. The summed E-state index contributed by atoms with van der Waals surface area (Å²) in [5, 5.41) is 9.16. The second kappa shape index (κ2) is 6.78. The number of hydrogen-bond donors (Lipinski definition) is 1. The molecule has 4 nitrogen and oxygen atoms in total. The summed E-state index contributed by atoms with van der Waals surface area (Å²) in [4.78, 5) is 2.41. The zero-order valence-electron chi connectivity index (χ0n) is 11.8. The third-order valence-electron chi connectivity index (χ3n) is 3.84. The van der Waals surface area contributed by atoms with E-state index in [-0.39, 0.29) is 0 Å². The highest BCUT2D eigenvalue weighted by atomic mass is 16.5. The molecule has 0 bridgehead atoms. The minimum atomic E-state index is 0.316. The molecule has 106 valence electrons. The molecule has 19 heavy (non-hydrogen) atoms. The van der Waals surface area contributed by atoms with Crippen molar-refractivity contribution in [2.75, 3.05) is 33.9 Å². The van der Waals surface area contributed by atoms with Crippen LogP contribution in [0.25, 0.3) is 0 Å². The largest absolute Gasteiger partial charge is 0.493 e. The number of ether oxygens (including phenoxy) is 2.